The highest BCUT2D eigenvalue weighted by atomic mass is 16.4. The van der Waals surface area contributed by atoms with Crippen molar-refractivity contribution in [2.75, 3.05) is 0 Å². The average molecular weight is 146 g/mol. The number of aliphatic hydroxyl groups is 2. The Morgan fingerprint density at radius 1 is 1.20 bits per heavy atom. The van der Waals surface area contributed by atoms with Crippen molar-refractivity contribution in [1.29, 1.82) is 0 Å². The van der Waals surface area contributed by atoms with Crippen molar-refractivity contribution in [1.82, 2.24) is 0 Å². The Morgan fingerprint density at radius 2 is 1.60 bits per heavy atom. The molecule has 0 aromatic rings. The first-order valence-electron chi connectivity index (χ1n) is 2.82. The first-order valence-corrected chi connectivity index (χ1v) is 2.82. The number of aliphatic hydroxyl groups excluding tert-OH is 2. The SMILES string of the molecule is CC(C)C(O)=C(O)C(=O)O. The third-order valence-electron chi connectivity index (χ3n) is 0.992. The molecular formula is C6H10O4. The van der Waals surface area contributed by atoms with E-state index in [2.05, 4.69) is 0 Å². The second-order valence-corrected chi connectivity index (χ2v) is 2.19. The third-order valence-corrected chi connectivity index (χ3v) is 0.992. The van der Waals surface area contributed by atoms with Crippen LogP contribution in [0.4, 0.5) is 0 Å². The van der Waals surface area contributed by atoms with Gasteiger partial charge >= 0.3 is 5.97 Å². The summed E-state index contributed by atoms with van der Waals surface area (Å²) in [6, 6.07) is 0. The second-order valence-electron chi connectivity index (χ2n) is 2.19. The van der Waals surface area contributed by atoms with Gasteiger partial charge < -0.3 is 15.3 Å². The predicted octanol–water partition coefficient (Wildman–Crippen LogP) is 1.05. The number of carboxylic acids is 1. The zero-order chi connectivity index (χ0) is 8.31. The maximum absolute atomic E-state index is 9.98. The van der Waals surface area contributed by atoms with E-state index in [1.54, 1.807) is 13.8 Å². The summed E-state index contributed by atoms with van der Waals surface area (Å²) in [5, 5.41) is 25.5. The van der Waals surface area contributed by atoms with Gasteiger partial charge in [-0.2, -0.15) is 0 Å². The van der Waals surface area contributed by atoms with Crippen LogP contribution in [0.15, 0.2) is 11.5 Å². The van der Waals surface area contributed by atoms with Crippen molar-refractivity contribution in [3.63, 3.8) is 0 Å². The Bertz CT molecular complexity index is 169. The largest absolute Gasteiger partial charge is 0.508 e. The summed E-state index contributed by atoms with van der Waals surface area (Å²) < 4.78 is 0. The molecule has 0 aromatic carbocycles. The zero-order valence-corrected chi connectivity index (χ0v) is 5.83. The molecule has 0 spiro atoms. The van der Waals surface area contributed by atoms with Crippen LogP contribution in [0.5, 0.6) is 0 Å². The lowest BCUT2D eigenvalue weighted by Crippen LogP contribution is -2.07. The van der Waals surface area contributed by atoms with Gasteiger partial charge in [-0.1, -0.05) is 13.8 Å². The average Bonchev–Trinajstić information content (AvgIpc) is 1.84. The number of carboxylic acid groups (broad SMARTS) is 1. The Hall–Kier alpha value is -1.19. The minimum atomic E-state index is -1.51. The van der Waals surface area contributed by atoms with Crippen molar-refractivity contribution in [3.8, 4) is 0 Å². The number of allylic oxidation sites excluding steroid dienone is 1. The fourth-order valence-electron chi connectivity index (χ4n) is 0.383. The van der Waals surface area contributed by atoms with Gasteiger partial charge in [-0.3, -0.25) is 0 Å². The first-order chi connectivity index (χ1) is 4.46. The van der Waals surface area contributed by atoms with E-state index in [-0.39, 0.29) is 5.92 Å². The summed E-state index contributed by atoms with van der Waals surface area (Å²) in [4.78, 5) is 9.98. The maximum atomic E-state index is 9.98. The van der Waals surface area contributed by atoms with E-state index in [1.165, 1.54) is 0 Å². The lowest BCUT2D eigenvalue weighted by molar-refractivity contribution is -0.136. The molecule has 58 valence electrons. The molecule has 0 aliphatic rings. The lowest BCUT2D eigenvalue weighted by Gasteiger charge is -2.02. The number of rotatable bonds is 2. The molecule has 0 fully saturated rings. The second kappa shape index (κ2) is 3.10. The van der Waals surface area contributed by atoms with Crippen LogP contribution in [0.2, 0.25) is 0 Å². The van der Waals surface area contributed by atoms with Crippen LogP contribution < -0.4 is 0 Å². The topological polar surface area (TPSA) is 77.8 Å². The standard InChI is InChI=1S/C6H10O4/c1-3(2)4(7)5(8)6(9)10/h3,7-8H,1-2H3,(H,9,10). The first kappa shape index (κ1) is 8.81. The van der Waals surface area contributed by atoms with Crippen LogP contribution in [0, 0.1) is 5.92 Å². The summed E-state index contributed by atoms with van der Waals surface area (Å²) in [6.07, 6.45) is 0. The van der Waals surface area contributed by atoms with Gasteiger partial charge in [-0.05, 0) is 0 Å². The number of carbonyl (C=O) groups is 1. The lowest BCUT2D eigenvalue weighted by atomic mass is 10.1. The van der Waals surface area contributed by atoms with Crippen LogP contribution in [0.3, 0.4) is 0 Å². The Labute approximate surface area is 58.4 Å². The molecule has 10 heavy (non-hydrogen) atoms. The third kappa shape index (κ3) is 1.97. The minimum Gasteiger partial charge on any atom is -0.508 e. The van der Waals surface area contributed by atoms with E-state index >= 15 is 0 Å². The molecule has 0 aliphatic heterocycles. The molecule has 4 nitrogen and oxygen atoms in total. The highest BCUT2D eigenvalue weighted by molar-refractivity contribution is 5.84. The van der Waals surface area contributed by atoms with Gasteiger partial charge in [0.15, 0.2) is 0 Å². The molecule has 0 heterocycles. The van der Waals surface area contributed by atoms with Crippen molar-refractivity contribution < 1.29 is 20.1 Å². The molecule has 0 saturated heterocycles. The molecule has 0 rings (SSSR count). The van der Waals surface area contributed by atoms with Gasteiger partial charge in [0, 0.05) is 5.92 Å². The predicted molar refractivity (Wildman–Crippen MR) is 34.8 cm³/mol. The van der Waals surface area contributed by atoms with Crippen LogP contribution in [-0.4, -0.2) is 21.3 Å². The van der Waals surface area contributed by atoms with Crippen molar-refractivity contribution in [3.05, 3.63) is 11.5 Å². The fraction of sp³-hybridized carbons (Fsp3) is 0.500. The molecule has 0 radical (unpaired) electrons. The Kier molecular flexibility index (Phi) is 2.73. The number of aliphatic carboxylic acids is 1. The van der Waals surface area contributed by atoms with Gasteiger partial charge in [0.05, 0.1) is 0 Å². The highest BCUT2D eigenvalue weighted by Crippen LogP contribution is 2.08. The number of hydrogen-bond acceptors (Lipinski definition) is 3. The van der Waals surface area contributed by atoms with Crippen LogP contribution in [0.1, 0.15) is 13.8 Å². The van der Waals surface area contributed by atoms with Gasteiger partial charge in [0.25, 0.3) is 0 Å². The van der Waals surface area contributed by atoms with E-state index in [4.69, 9.17) is 15.3 Å². The Morgan fingerprint density at radius 3 is 1.70 bits per heavy atom. The smallest absolute Gasteiger partial charge is 0.374 e. The van der Waals surface area contributed by atoms with Gasteiger partial charge in [0.2, 0.25) is 5.76 Å². The molecule has 0 amide bonds. The molecule has 0 atom stereocenters. The number of hydrogen-bond donors (Lipinski definition) is 3. The van der Waals surface area contributed by atoms with E-state index < -0.39 is 17.5 Å². The van der Waals surface area contributed by atoms with Crippen LogP contribution in [0.25, 0.3) is 0 Å². The van der Waals surface area contributed by atoms with Crippen molar-refractivity contribution in [2.45, 2.75) is 13.8 Å². The van der Waals surface area contributed by atoms with E-state index in [0.29, 0.717) is 0 Å². The maximum Gasteiger partial charge on any atom is 0.374 e. The molecule has 0 saturated carbocycles. The minimum absolute atomic E-state index is 0.365. The Balaban J connectivity index is 4.50. The summed E-state index contributed by atoms with van der Waals surface area (Å²) in [7, 11) is 0. The summed E-state index contributed by atoms with van der Waals surface area (Å²) in [5.41, 5.74) is 0. The molecular weight excluding hydrogens is 136 g/mol. The molecule has 0 aliphatic carbocycles. The fourth-order valence-corrected chi connectivity index (χ4v) is 0.383. The molecule has 0 bridgehead atoms. The summed E-state index contributed by atoms with van der Waals surface area (Å²) >= 11 is 0. The molecule has 0 aromatic heterocycles. The van der Waals surface area contributed by atoms with Crippen molar-refractivity contribution in [2.24, 2.45) is 5.92 Å². The zero-order valence-electron chi connectivity index (χ0n) is 5.83. The van der Waals surface area contributed by atoms with E-state index in [9.17, 15) is 4.79 Å². The molecule has 0 unspecified atom stereocenters. The van der Waals surface area contributed by atoms with E-state index in [0.717, 1.165) is 0 Å². The quantitative estimate of drug-likeness (QED) is 0.402. The normalized spacial score (nSPS) is 13.1. The highest BCUT2D eigenvalue weighted by Gasteiger charge is 2.13. The van der Waals surface area contributed by atoms with Gasteiger partial charge in [-0.25, -0.2) is 4.79 Å². The summed E-state index contributed by atoms with van der Waals surface area (Å²) in [5.74, 6) is -3.34. The molecule has 3 N–H and O–H groups in total. The van der Waals surface area contributed by atoms with Gasteiger partial charge in [0.1, 0.15) is 5.76 Å². The van der Waals surface area contributed by atoms with Gasteiger partial charge in [-0.15, -0.1) is 0 Å². The monoisotopic (exact) mass is 146 g/mol. The van der Waals surface area contributed by atoms with E-state index in [1.807, 2.05) is 0 Å². The molecule has 4 heteroatoms. The van der Waals surface area contributed by atoms with Crippen LogP contribution in [-0.2, 0) is 4.79 Å². The summed E-state index contributed by atoms with van der Waals surface area (Å²) in [6.45, 7) is 3.16. The van der Waals surface area contributed by atoms with Crippen molar-refractivity contribution >= 4 is 5.97 Å². The van der Waals surface area contributed by atoms with Crippen LogP contribution >= 0.6 is 0 Å².